The van der Waals surface area contributed by atoms with Gasteiger partial charge in [-0.25, -0.2) is 0 Å². The molecule has 1 fully saturated rings. The van der Waals surface area contributed by atoms with Crippen LogP contribution < -0.4 is 10.6 Å². The van der Waals surface area contributed by atoms with E-state index in [1.807, 2.05) is 0 Å². The van der Waals surface area contributed by atoms with Crippen LogP contribution in [0.3, 0.4) is 0 Å². The molecule has 0 saturated carbocycles. The van der Waals surface area contributed by atoms with Gasteiger partial charge in [-0.15, -0.1) is 0 Å². The number of hydrogen-bond acceptors (Lipinski definition) is 3. The van der Waals surface area contributed by atoms with Crippen molar-refractivity contribution in [2.75, 3.05) is 40.3 Å². The third-order valence-corrected chi connectivity index (χ3v) is 3.69. The number of nitrogens with one attached hydrogen (secondary N) is 2. The summed E-state index contributed by atoms with van der Waals surface area (Å²) >= 11 is 0. The van der Waals surface area contributed by atoms with Crippen LogP contribution in [-0.4, -0.2) is 51.2 Å². The van der Waals surface area contributed by atoms with Crippen LogP contribution in [0, 0.1) is 11.8 Å². The molecule has 1 heterocycles. The van der Waals surface area contributed by atoms with Crippen LogP contribution in [0.2, 0.25) is 0 Å². The Morgan fingerprint density at radius 3 is 2.65 bits per heavy atom. The van der Waals surface area contributed by atoms with Crippen molar-refractivity contribution in [2.24, 2.45) is 11.8 Å². The van der Waals surface area contributed by atoms with Gasteiger partial charge < -0.3 is 15.5 Å². The topological polar surface area (TPSA) is 27.3 Å². The molecule has 102 valence electrons. The highest BCUT2D eigenvalue weighted by Crippen LogP contribution is 2.10. The molecule has 2 unspecified atom stereocenters. The zero-order valence-corrected chi connectivity index (χ0v) is 12.1. The summed E-state index contributed by atoms with van der Waals surface area (Å²) in [5.41, 5.74) is 0. The second-order valence-electron chi connectivity index (χ2n) is 6.12. The molecule has 2 N–H and O–H groups in total. The first-order valence-corrected chi connectivity index (χ1v) is 7.17. The van der Waals surface area contributed by atoms with E-state index in [2.05, 4.69) is 43.5 Å². The van der Waals surface area contributed by atoms with Gasteiger partial charge in [0.15, 0.2) is 0 Å². The highest BCUT2D eigenvalue weighted by molar-refractivity contribution is 4.75. The molecule has 0 radical (unpaired) electrons. The Balaban J connectivity index is 2.17. The predicted molar refractivity (Wildman–Crippen MR) is 75.4 cm³/mol. The molecular formula is C14H31N3. The lowest BCUT2D eigenvalue weighted by atomic mass is 9.99. The Hall–Kier alpha value is -0.120. The molecule has 0 aliphatic carbocycles. The molecule has 1 aliphatic rings. The minimum absolute atomic E-state index is 0.673. The Kier molecular flexibility index (Phi) is 7.09. The van der Waals surface area contributed by atoms with Gasteiger partial charge in [0, 0.05) is 12.6 Å². The fourth-order valence-corrected chi connectivity index (χ4v) is 2.57. The van der Waals surface area contributed by atoms with E-state index in [9.17, 15) is 0 Å². The molecule has 0 amide bonds. The number of hydrogen-bond donors (Lipinski definition) is 2. The molecule has 0 spiro atoms. The smallest absolute Gasteiger partial charge is 0.0216 e. The maximum absolute atomic E-state index is 3.66. The summed E-state index contributed by atoms with van der Waals surface area (Å²) in [4.78, 5) is 2.35. The van der Waals surface area contributed by atoms with Crippen molar-refractivity contribution in [2.45, 2.75) is 39.2 Å². The van der Waals surface area contributed by atoms with Crippen molar-refractivity contribution in [3.63, 3.8) is 0 Å². The van der Waals surface area contributed by atoms with Crippen LogP contribution in [-0.2, 0) is 0 Å². The van der Waals surface area contributed by atoms with Gasteiger partial charge in [0.1, 0.15) is 0 Å². The van der Waals surface area contributed by atoms with E-state index in [0.29, 0.717) is 6.04 Å². The summed E-state index contributed by atoms with van der Waals surface area (Å²) in [6.07, 6.45) is 4.01. The van der Waals surface area contributed by atoms with Crippen molar-refractivity contribution in [1.29, 1.82) is 0 Å². The normalized spacial score (nSPS) is 23.3. The molecule has 0 aromatic rings. The Morgan fingerprint density at radius 2 is 2.12 bits per heavy atom. The number of nitrogens with zero attached hydrogens (tertiary/aromatic N) is 1. The van der Waals surface area contributed by atoms with E-state index < -0.39 is 0 Å². The minimum Gasteiger partial charge on any atom is -0.316 e. The van der Waals surface area contributed by atoms with E-state index in [0.717, 1.165) is 18.4 Å². The average Bonchev–Trinajstić information content (AvgIpc) is 2.28. The molecule has 0 aromatic carbocycles. The molecule has 0 bridgehead atoms. The molecule has 1 aliphatic heterocycles. The summed E-state index contributed by atoms with van der Waals surface area (Å²) in [6, 6.07) is 0.673. The molecule has 0 aromatic heterocycles. The van der Waals surface area contributed by atoms with Gasteiger partial charge in [0.05, 0.1) is 0 Å². The van der Waals surface area contributed by atoms with Crippen LogP contribution in [0.4, 0.5) is 0 Å². The quantitative estimate of drug-likeness (QED) is 0.708. The van der Waals surface area contributed by atoms with Crippen molar-refractivity contribution in [3.05, 3.63) is 0 Å². The third-order valence-electron chi connectivity index (χ3n) is 3.69. The molecule has 3 heteroatoms. The SMILES string of the molecule is CC(C)CC(CNCC1CCCNC1)N(C)C. The summed E-state index contributed by atoms with van der Waals surface area (Å²) in [5, 5.41) is 7.14. The highest BCUT2D eigenvalue weighted by atomic mass is 15.1. The Labute approximate surface area is 107 Å². The molecule has 1 saturated heterocycles. The van der Waals surface area contributed by atoms with Crippen molar-refractivity contribution < 1.29 is 0 Å². The van der Waals surface area contributed by atoms with Gasteiger partial charge in [0.2, 0.25) is 0 Å². The van der Waals surface area contributed by atoms with Gasteiger partial charge in [-0.3, -0.25) is 0 Å². The zero-order valence-electron chi connectivity index (χ0n) is 12.1. The van der Waals surface area contributed by atoms with Gasteiger partial charge in [-0.05, 0) is 64.8 Å². The van der Waals surface area contributed by atoms with E-state index in [-0.39, 0.29) is 0 Å². The van der Waals surface area contributed by atoms with Crippen molar-refractivity contribution in [3.8, 4) is 0 Å². The summed E-state index contributed by atoms with van der Waals surface area (Å²) in [6.45, 7) is 9.33. The van der Waals surface area contributed by atoms with Crippen LogP contribution in [0.25, 0.3) is 0 Å². The first-order valence-electron chi connectivity index (χ1n) is 7.17. The number of piperidine rings is 1. The van der Waals surface area contributed by atoms with Crippen LogP contribution in [0.1, 0.15) is 33.1 Å². The Bertz CT molecular complexity index is 186. The molecular weight excluding hydrogens is 210 g/mol. The Morgan fingerprint density at radius 1 is 1.35 bits per heavy atom. The number of rotatable bonds is 7. The highest BCUT2D eigenvalue weighted by Gasteiger charge is 2.15. The number of likely N-dealkylation sites (N-methyl/N-ethyl adjacent to an activating group) is 1. The lowest BCUT2D eigenvalue weighted by Crippen LogP contribution is -2.42. The minimum atomic E-state index is 0.673. The summed E-state index contributed by atoms with van der Waals surface area (Å²) < 4.78 is 0. The van der Waals surface area contributed by atoms with E-state index in [1.165, 1.54) is 38.9 Å². The van der Waals surface area contributed by atoms with E-state index >= 15 is 0 Å². The summed E-state index contributed by atoms with van der Waals surface area (Å²) in [7, 11) is 4.38. The second kappa shape index (κ2) is 8.06. The van der Waals surface area contributed by atoms with Gasteiger partial charge in [0.25, 0.3) is 0 Å². The average molecular weight is 241 g/mol. The monoisotopic (exact) mass is 241 g/mol. The van der Waals surface area contributed by atoms with Crippen LogP contribution in [0.15, 0.2) is 0 Å². The van der Waals surface area contributed by atoms with Crippen LogP contribution in [0.5, 0.6) is 0 Å². The van der Waals surface area contributed by atoms with Crippen molar-refractivity contribution in [1.82, 2.24) is 15.5 Å². The lowest BCUT2D eigenvalue weighted by molar-refractivity contribution is 0.240. The zero-order chi connectivity index (χ0) is 12.7. The molecule has 17 heavy (non-hydrogen) atoms. The third kappa shape index (κ3) is 6.39. The first kappa shape index (κ1) is 14.9. The fraction of sp³-hybridized carbons (Fsp3) is 1.00. The maximum atomic E-state index is 3.66. The predicted octanol–water partition coefficient (Wildman–Crippen LogP) is 1.55. The van der Waals surface area contributed by atoms with E-state index in [4.69, 9.17) is 0 Å². The standard InChI is InChI=1S/C14H31N3/c1-12(2)8-14(17(3)4)11-16-10-13-6-5-7-15-9-13/h12-16H,5-11H2,1-4H3. The second-order valence-corrected chi connectivity index (χ2v) is 6.12. The summed E-state index contributed by atoms with van der Waals surface area (Å²) in [5.74, 6) is 1.62. The fourth-order valence-electron chi connectivity index (χ4n) is 2.57. The van der Waals surface area contributed by atoms with Gasteiger partial charge in [-0.2, -0.15) is 0 Å². The molecule has 1 rings (SSSR count). The van der Waals surface area contributed by atoms with Gasteiger partial charge in [-0.1, -0.05) is 13.8 Å². The largest absolute Gasteiger partial charge is 0.316 e. The molecule has 3 nitrogen and oxygen atoms in total. The molecule has 2 atom stereocenters. The first-order chi connectivity index (χ1) is 8.09. The maximum Gasteiger partial charge on any atom is 0.0216 e. The lowest BCUT2D eigenvalue weighted by Gasteiger charge is -2.28. The van der Waals surface area contributed by atoms with Crippen molar-refractivity contribution >= 4 is 0 Å². The van der Waals surface area contributed by atoms with Crippen LogP contribution >= 0.6 is 0 Å². The van der Waals surface area contributed by atoms with Gasteiger partial charge >= 0.3 is 0 Å². The van der Waals surface area contributed by atoms with E-state index in [1.54, 1.807) is 0 Å².